The maximum Gasteiger partial charge on any atom is 0.573 e. The van der Waals surface area contributed by atoms with E-state index in [1.165, 1.54) is 37.5 Å². The summed E-state index contributed by atoms with van der Waals surface area (Å²) in [4.78, 5) is 11.8. The van der Waals surface area contributed by atoms with E-state index in [4.69, 9.17) is 5.73 Å². The van der Waals surface area contributed by atoms with Gasteiger partial charge < -0.3 is 15.5 Å². The zero-order chi connectivity index (χ0) is 22.3. The van der Waals surface area contributed by atoms with Crippen LogP contribution in [0.25, 0.3) is 33.5 Å². The van der Waals surface area contributed by atoms with E-state index in [2.05, 4.69) is 24.8 Å². The molecular weight excluding hydrogens is 421 g/mol. The van der Waals surface area contributed by atoms with Crippen LogP contribution >= 0.6 is 0 Å². The van der Waals surface area contributed by atoms with Gasteiger partial charge in [-0.1, -0.05) is 19.3 Å². The monoisotopic (exact) mass is 442 g/mol. The smallest absolute Gasteiger partial charge is 0.406 e. The minimum Gasteiger partial charge on any atom is -0.406 e. The fourth-order valence-electron chi connectivity index (χ4n) is 4.17. The highest BCUT2D eigenvalue weighted by Gasteiger charge is 2.31. The molecule has 4 aromatic rings. The van der Waals surface area contributed by atoms with Gasteiger partial charge in [0, 0.05) is 29.6 Å². The first kappa shape index (κ1) is 20.3. The fourth-order valence-corrected chi connectivity index (χ4v) is 4.17. The summed E-state index contributed by atoms with van der Waals surface area (Å²) in [6, 6.07) is 6.20. The van der Waals surface area contributed by atoms with Gasteiger partial charge >= 0.3 is 6.36 Å². The molecule has 0 spiro atoms. The van der Waals surface area contributed by atoms with Crippen LogP contribution in [0.3, 0.4) is 0 Å². The van der Waals surface area contributed by atoms with Crippen LogP contribution in [0.2, 0.25) is 0 Å². The number of fused-ring (bicyclic) bond motifs is 1. The van der Waals surface area contributed by atoms with E-state index < -0.39 is 6.36 Å². The van der Waals surface area contributed by atoms with E-state index >= 15 is 0 Å². The highest BCUT2D eigenvalue weighted by molar-refractivity contribution is 5.84. The van der Waals surface area contributed by atoms with Crippen molar-refractivity contribution in [3.8, 4) is 28.3 Å². The molecule has 0 atom stereocenters. The van der Waals surface area contributed by atoms with Gasteiger partial charge in [0.05, 0.1) is 28.8 Å². The number of halogens is 3. The normalized spacial score (nSPS) is 15.3. The number of nitrogen functional groups attached to an aromatic ring is 1. The third-order valence-electron chi connectivity index (χ3n) is 5.74. The lowest BCUT2D eigenvalue weighted by molar-refractivity contribution is -0.274. The summed E-state index contributed by atoms with van der Waals surface area (Å²) in [6.45, 7) is 0. The summed E-state index contributed by atoms with van der Waals surface area (Å²) in [5.41, 5.74) is 9.29. The first-order chi connectivity index (χ1) is 15.4. The van der Waals surface area contributed by atoms with Crippen molar-refractivity contribution < 1.29 is 17.9 Å². The number of nitrogens with zero attached hydrogens (tertiary/aromatic N) is 4. The van der Waals surface area contributed by atoms with Crippen molar-refractivity contribution in [1.29, 1.82) is 0 Å². The first-order valence-electron chi connectivity index (χ1n) is 10.4. The minimum atomic E-state index is -4.76. The van der Waals surface area contributed by atoms with Crippen LogP contribution in [0.1, 0.15) is 38.1 Å². The lowest BCUT2D eigenvalue weighted by Crippen LogP contribution is -2.16. The van der Waals surface area contributed by atoms with Crippen molar-refractivity contribution in [1.82, 2.24) is 24.7 Å². The second-order valence-corrected chi connectivity index (χ2v) is 7.97. The van der Waals surface area contributed by atoms with Crippen LogP contribution < -0.4 is 10.5 Å². The zero-order valence-electron chi connectivity index (χ0n) is 17.1. The summed E-state index contributed by atoms with van der Waals surface area (Å²) in [7, 11) is 0. The van der Waals surface area contributed by atoms with Crippen LogP contribution in [0.5, 0.6) is 5.75 Å². The van der Waals surface area contributed by atoms with E-state index in [1.54, 1.807) is 6.20 Å². The molecule has 1 aliphatic rings. The van der Waals surface area contributed by atoms with Crippen molar-refractivity contribution in [3.63, 3.8) is 0 Å². The number of H-pyrrole nitrogens is 1. The van der Waals surface area contributed by atoms with Crippen molar-refractivity contribution in [2.45, 2.75) is 44.5 Å². The Morgan fingerprint density at radius 2 is 1.88 bits per heavy atom. The minimum absolute atomic E-state index is 0.263. The Hall–Kier alpha value is -3.56. The second kappa shape index (κ2) is 7.85. The van der Waals surface area contributed by atoms with Crippen LogP contribution in [0.4, 0.5) is 19.0 Å². The maximum atomic E-state index is 12.5. The number of imidazole rings is 1. The molecule has 7 nitrogen and oxygen atoms in total. The molecule has 0 radical (unpaired) electrons. The Bertz CT molecular complexity index is 1260. The molecule has 3 heterocycles. The predicted octanol–water partition coefficient (Wildman–Crippen LogP) is 5.47. The van der Waals surface area contributed by atoms with Crippen LogP contribution in [0, 0.1) is 0 Å². The summed E-state index contributed by atoms with van der Waals surface area (Å²) < 4.78 is 43.5. The molecule has 0 saturated heterocycles. The highest BCUT2D eigenvalue weighted by atomic mass is 19.4. The van der Waals surface area contributed by atoms with Gasteiger partial charge in [-0.3, -0.25) is 4.68 Å². The molecular formula is C22H21F3N6O. The molecule has 166 valence electrons. The van der Waals surface area contributed by atoms with Gasteiger partial charge in [0.25, 0.3) is 0 Å². The lowest BCUT2D eigenvalue weighted by Gasteiger charge is -2.21. The van der Waals surface area contributed by atoms with E-state index in [0.29, 0.717) is 28.5 Å². The second-order valence-electron chi connectivity index (χ2n) is 7.97. The number of nitrogens with one attached hydrogen (secondary N) is 1. The number of alkyl halides is 3. The first-order valence-corrected chi connectivity index (χ1v) is 10.4. The average molecular weight is 442 g/mol. The Morgan fingerprint density at radius 3 is 2.66 bits per heavy atom. The summed E-state index contributed by atoms with van der Waals surface area (Å²) >= 11 is 0. The molecule has 1 aromatic carbocycles. The largest absolute Gasteiger partial charge is 0.573 e. The van der Waals surface area contributed by atoms with Gasteiger partial charge in [0.15, 0.2) is 0 Å². The van der Waals surface area contributed by atoms with Crippen molar-refractivity contribution in [2.75, 3.05) is 5.73 Å². The third-order valence-corrected chi connectivity index (χ3v) is 5.74. The predicted molar refractivity (Wildman–Crippen MR) is 114 cm³/mol. The quantitative estimate of drug-likeness (QED) is 0.437. The Kier molecular flexibility index (Phi) is 4.99. The molecule has 0 bridgehead atoms. The van der Waals surface area contributed by atoms with Gasteiger partial charge in [-0.05, 0) is 31.0 Å². The standard InChI is InChI=1S/C22H21F3N6O/c23-22(24,25)32-16-6-7-18-19(9-16)30-21(29-18)17-8-13(10-27-20(17)26)14-11-28-31(12-14)15-4-2-1-3-5-15/h6-12,15H,1-5H2,(H2,26,27)(H,29,30). The molecule has 0 amide bonds. The molecule has 0 unspecified atom stereocenters. The molecule has 1 saturated carbocycles. The highest BCUT2D eigenvalue weighted by Crippen LogP contribution is 2.33. The van der Waals surface area contributed by atoms with Crippen molar-refractivity contribution in [2.24, 2.45) is 0 Å². The van der Waals surface area contributed by atoms with E-state index in [9.17, 15) is 13.2 Å². The molecule has 1 fully saturated rings. The molecule has 3 aromatic heterocycles. The molecule has 10 heteroatoms. The Balaban J connectivity index is 1.46. The van der Waals surface area contributed by atoms with Gasteiger partial charge in [0.1, 0.15) is 17.4 Å². The topological polar surface area (TPSA) is 94.6 Å². The Labute approximate surface area is 181 Å². The number of ether oxygens (including phenoxy) is 1. The van der Waals surface area contributed by atoms with E-state index in [0.717, 1.165) is 24.0 Å². The van der Waals surface area contributed by atoms with Crippen LogP contribution in [0.15, 0.2) is 42.9 Å². The molecule has 0 aliphatic heterocycles. The maximum absolute atomic E-state index is 12.5. The van der Waals surface area contributed by atoms with Crippen LogP contribution in [-0.2, 0) is 0 Å². The SMILES string of the molecule is Nc1ncc(-c2cnn(C3CCCCC3)c2)cc1-c1nc2ccc(OC(F)(F)F)cc2[nH]1. The summed E-state index contributed by atoms with van der Waals surface area (Å²) in [5, 5.41) is 4.54. The van der Waals surface area contributed by atoms with Crippen molar-refractivity contribution in [3.05, 3.63) is 42.9 Å². The number of hydrogen-bond acceptors (Lipinski definition) is 5. The van der Waals surface area contributed by atoms with Gasteiger partial charge in [-0.2, -0.15) is 5.10 Å². The van der Waals surface area contributed by atoms with Gasteiger partial charge in [-0.15, -0.1) is 13.2 Å². The lowest BCUT2D eigenvalue weighted by atomic mass is 9.96. The molecule has 1 aliphatic carbocycles. The number of pyridine rings is 1. The fraction of sp³-hybridized carbons (Fsp3) is 0.318. The number of anilines is 1. The number of rotatable bonds is 4. The third kappa shape index (κ3) is 4.12. The summed E-state index contributed by atoms with van der Waals surface area (Å²) in [6.07, 6.45) is 6.72. The van der Waals surface area contributed by atoms with E-state index in [1.807, 2.05) is 23.1 Å². The molecule has 3 N–H and O–H groups in total. The van der Waals surface area contributed by atoms with Crippen LogP contribution in [-0.4, -0.2) is 31.1 Å². The molecule has 5 rings (SSSR count). The van der Waals surface area contributed by atoms with Gasteiger partial charge in [-0.25, -0.2) is 9.97 Å². The number of nitrogens with two attached hydrogens (primary N) is 1. The summed E-state index contributed by atoms with van der Waals surface area (Å²) in [5.74, 6) is 0.352. The van der Waals surface area contributed by atoms with Crippen molar-refractivity contribution >= 4 is 16.9 Å². The van der Waals surface area contributed by atoms with Gasteiger partial charge in [0.2, 0.25) is 0 Å². The number of hydrogen-bond donors (Lipinski definition) is 2. The average Bonchev–Trinajstić information content (AvgIpc) is 3.41. The number of benzene rings is 1. The number of aromatic amines is 1. The van der Waals surface area contributed by atoms with E-state index in [-0.39, 0.29) is 11.6 Å². The molecule has 32 heavy (non-hydrogen) atoms. The Morgan fingerprint density at radius 1 is 1.06 bits per heavy atom. The zero-order valence-corrected chi connectivity index (χ0v) is 17.1. The number of aromatic nitrogens is 5.